The third-order valence-corrected chi connectivity index (χ3v) is 15.5. The van der Waals surface area contributed by atoms with Crippen molar-refractivity contribution >= 4 is 66.7 Å². The summed E-state index contributed by atoms with van der Waals surface area (Å²) >= 11 is 0. The average Bonchev–Trinajstić information content (AvgIpc) is 0.801. The molecule has 0 aliphatic rings. The molecule has 18 heteroatoms. The Morgan fingerprint density at radius 3 is 1.13 bits per heavy atom. The fourth-order valence-electron chi connectivity index (χ4n) is 11.0. The number of aliphatic hydroxyl groups excluding tert-OH is 4. The van der Waals surface area contributed by atoms with Crippen LogP contribution in [-0.4, -0.2) is 63.5 Å². The Hall–Kier alpha value is -10.9. The number of rotatable bonds is 10. The molecule has 0 saturated carbocycles. The van der Waals surface area contributed by atoms with Crippen molar-refractivity contribution in [3.8, 4) is 67.3 Å². The maximum Gasteiger partial charge on any atom is 0.155 e. The van der Waals surface area contributed by atoms with Crippen LogP contribution in [0.1, 0.15) is 72.1 Å². The Morgan fingerprint density at radius 1 is 0.336 bits per heavy atom. The first-order valence-electron chi connectivity index (χ1n) is 34.7. The van der Waals surface area contributed by atoms with Gasteiger partial charge in [0.25, 0.3) is 0 Å². The van der Waals surface area contributed by atoms with Crippen LogP contribution in [0.3, 0.4) is 0 Å². The zero-order valence-electron chi connectivity index (χ0n) is 63.9. The molecule has 4 heterocycles. The van der Waals surface area contributed by atoms with E-state index in [9.17, 15) is 28.0 Å². The minimum Gasteiger partial charge on any atom is -0.512 e. The van der Waals surface area contributed by atoms with Crippen molar-refractivity contribution in [2.24, 2.45) is 0 Å². The van der Waals surface area contributed by atoms with E-state index in [-0.39, 0.29) is 132 Å². The van der Waals surface area contributed by atoms with Crippen molar-refractivity contribution in [1.82, 2.24) is 19.9 Å². The number of nitrogens with zero attached hydrogens (tertiary/aromatic N) is 4. The van der Waals surface area contributed by atoms with Crippen LogP contribution >= 0.6 is 0 Å². The Balaban J connectivity index is 0.000000349. The molecule has 0 aliphatic carbocycles. The van der Waals surface area contributed by atoms with Gasteiger partial charge in [-0.1, -0.05) is 182 Å². The number of carbonyl (C=O) groups is 4. The van der Waals surface area contributed by atoms with Crippen molar-refractivity contribution in [2.45, 2.75) is 76.2 Å². The van der Waals surface area contributed by atoms with Crippen molar-refractivity contribution in [3.05, 3.63) is 361 Å². The number of pyridine rings is 4. The molecule has 14 rings (SSSR count). The topological polar surface area (TPSA) is 201 Å². The van der Waals surface area contributed by atoms with Gasteiger partial charge in [-0.05, 0) is 149 Å². The molecule has 0 aliphatic heterocycles. The number of aromatic nitrogens is 4. The van der Waals surface area contributed by atoms with Gasteiger partial charge in [0.15, 0.2) is 23.1 Å². The van der Waals surface area contributed by atoms with E-state index in [1.165, 1.54) is 124 Å². The fraction of sp³-hybridized carbons (Fsp3) is 0.116. The first-order chi connectivity index (χ1) is 52.2. The number of benzene rings is 10. The molecule has 0 unspecified atom stereocenters. The number of fused-ring (bicyclic) bond motifs is 4. The quantitative estimate of drug-likeness (QED) is 0.0574. The predicted molar refractivity (Wildman–Crippen MR) is 437 cm³/mol. The molecule has 4 radical (unpaired) electrons. The molecule has 586 valence electrons. The number of hydrogen-bond donors (Lipinski definition) is 4. The second-order valence-electron chi connectivity index (χ2n) is 25.0. The minimum atomic E-state index is -0.670. The molecule has 0 atom stereocenters. The first kappa shape index (κ1) is 96.3. The Kier molecular flexibility index (Phi) is 42.2. The standard InChI is InChI=1S/C22H16N.C21H12F2N.2C16H12N.4C5H8O2.4Ir/c1-16-9-5-6-12-18(16)22-15-20(17-10-3-2-4-11-17)19-13-7-8-14-21(19)23-22;22-15-10-11-17(19(23)12-15)21-13-18(14-6-2-1-3-7-14)16-8-4-5-9-20(16)24-21;1-12-11-16(13-7-3-2-4-8-13)17-15-10-6-5-9-14(12)15;1-12-11-14-9-5-6-10-15(14)17-16(12)13-7-3-2-4-8-13;4*1-4(6)3-5(2)7;;;;/h2-11,13-15H,1H3;1-10,12-13H;2*2-7,9-11H,1H3;4*3,6H,1-2H3;;;;/q4*-1;;;;;;;;. The molecule has 12 nitrogen and oxygen atoms in total. The summed E-state index contributed by atoms with van der Waals surface area (Å²) in [5.41, 5.74) is 18.6. The molecule has 4 aromatic heterocycles. The van der Waals surface area contributed by atoms with Gasteiger partial charge >= 0.3 is 0 Å². The Labute approximate surface area is 713 Å². The maximum atomic E-state index is 14.2. The molecular weight excluding hydrogens is 2130 g/mol. The number of hydrogen-bond acceptors (Lipinski definition) is 12. The second kappa shape index (κ2) is 49.5. The van der Waals surface area contributed by atoms with Crippen molar-refractivity contribution in [3.63, 3.8) is 0 Å². The summed E-state index contributed by atoms with van der Waals surface area (Å²) in [6.07, 6.45) is 4.67. The van der Waals surface area contributed by atoms with Crippen molar-refractivity contribution < 1.29 is 129 Å². The smallest absolute Gasteiger partial charge is 0.155 e. The van der Waals surface area contributed by atoms with Gasteiger partial charge in [0.1, 0.15) is 0 Å². The molecule has 0 bridgehead atoms. The number of aliphatic hydroxyl groups is 4. The van der Waals surface area contributed by atoms with E-state index in [4.69, 9.17) is 30.4 Å². The number of para-hydroxylation sites is 4. The largest absolute Gasteiger partial charge is 0.512 e. The van der Waals surface area contributed by atoms with Gasteiger partial charge in [-0.15, -0.1) is 119 Å². The van der Waals surface area contributed by atoms with E-state index in [0.29, 0.717) is 5.69 Å². The van der Waals surface area contributed by atoms with Crippen LogP contribution in [-0.2, 0) is 99.6 Å². The molecule has 0 fully saturated rings. The van der Waals surface area contributed by atoms with Crippen LogP contribution in [0.25, 0.3) is 111 Å². The summed E-state index contributed by atoms with van der Waals surface area (Å²) in [5.74, 6) is -1.57. The van der Waals surface area contributed by atoms with Gasteiger partial charge < -0.3 is 20.4 Å². The van der Waals surface area contributed by atoms with E-state index >= 15 is 0 Å². The summed E-state index contributed by atoms with van der Waals surface area (Å²) in [7, 11) is 0. The SMILES string of the molecule is CC(=O)C=C(C)O.CC(=O)C=C(C)O.CC(=O)C=C(C)O.CC(=O)C=C(C)O.Cc1cc(-c2[c-]cccc2)nc2ccccc12.Cc1cc2ccccc2nc1-c1[c-]cccc1.Cc1ccc[c-]c1-c1cc(-c2ccccc2)c2ccccc2n1.Fc1c[c-]c(-c2cc(-c3ccccc3)c3ccccc3n2)c(F)c1.[Ir].[Ir].[Ir].[Ir]. The molecule has 4 N–H and O–H groups in total. The van der Waals surface area contributed by atoms with Crippen LogP contribution in [0.4, 0.5) is 8.78 Å². The summed E-state index contributed by atoms with van der Waals surface area (Å²) in [5, 5.41) is 38.0. The number of ketones is 4. The van der Waals surface area contributed by atoms with E-state index < -0.39 is 11.6 Å². The van der Waals surface area contributed by atoms with Gasteiger partial charge in [-0.2, -0.15) is 0 Å². The average molecular weight is 2220 g/mol. The van der Waals surface area contributed by atoms with Crippen LogP contribution in [0.5, 0.6) is 0 Å². The van der Waals surface area contributed by atoms with Crippen molar-refractivity contribution in [2.75, 3.05) is 0 Å². The van der Waals surface area contributed by atoms with E-state index in [1.54, 1.807) is 0 Å². The monoisotopic (exact) mass is 2220 g/mol. The third kappa shape index (κ3) is 31.7. The van der Waals surface area contributed by atoms with Gasteiger partial charge in [-0.25, -0.2) is 0 Å². The minimum absolute atomic E-state index is 0. The number of aryl methyl sites for hydroxylation is 3. The zero-order valence-corrected chi connectivity index (χ0v) is 73.5. The Morgan fingerprint density at radius 2 is 0.717 bits per heavy atom. The number of halogens is 2. The third-order valence-electron chi connectivity index (χ3n) is 15.5. The van der Waals surface area contributed by atoms with Gasteiger partial charge in [0.05, 0.1) is 45.1 Å². The number of allylic oxidation sites excluding steroid dienone is 8. The summed E-state index contributed by atoms with van der Waals surface area (Å²) in [6.45, 7) is 17.7. The summed E-state index contributed by atoms with van der Waals surface area (Å²) in [4.78, 5) is 58.8. The summed E-state index contributed by atoms with van der Waals surface area (Å²) < 4.78 is 27.3. The molecule has 0 saturated heterocycles. The van der Waals surface area contributed by atoms with Crippen LogP contribution in [0, 0.1) is 56.7 Å². The predicted octanol–water partition coefficient (Wildman–Crippen LogP) is 23.5. The number of carbonyl (C=O) groups excluding carboxylic acids is 4. The summed E-state index contributed by atoms with van der Waals surface area (Å²) in [6, 6.07) is 97.4. The Bertz CT molecular complexity index is 5450. The van der Waals surface area contributed by atoms with Crippen LogP contribution < -0.4 is 0 Å². The molecule has 113 heavy (non-hydrogen) atoms. The van der Waals surface area contributed by atoms with Crippen LogP contribution in [0.2, 0.25) is 0 Å². The first-order valence-corrected chi connectivity index (χ1v) is 34.7. The molecule has 0 amide bonds. The second-order valence-corrected chi connectivity index (χ2v) is 25.0. The van der Waals surface area contributed by atoms with E-state index in [2.05, 4.69) is 140 Å². The molecule has 10 aromatic carbocycles. The van der Waals surface area contributed by atoms with E-state index in [0.717, 1.165) is 84.5 Å². The maximum absolute atomic E-state index is 14.2. The molecular formula is C95H84F2Ir4N4O8-4. The van der Waals surface area contributed by atoms with Gasteiger partial charge in [-0.3, -0.25) is 47.9 Å². The van der Waals surface area contributed by atoms with Crippen LogP contribution in [0.15, 0.2) is 308 Å². The molecule has 0 spiro atoms. The fourth-order valence-corrected chi connectivity index (χ4v) is 11.0. The van der Waals surface area contributed by atoms with Crippen molar-refractivity contribution in [1.29, 1.82) is 0 Å². The molecule has 14 aromatic rings. The normalized spacial score (nSPS) is 10.6. The van der Waals surface area contributed by atoms with E-state index in [1.807, 2.05) is 164 Å². The van der Waals surface area contributed by atoms with Gasteiger partial charge in [0.2, 0.25) is 0 Å². The zero-order chi connectivity index (χ0) is 78.9. The van der Waals surface area contributed by atoms with Gasteiger partial charge in [0, 0.05) is 133 Å².